The minimum Gasteiger partial charge on any atom is -0.479 e. The molecular formula is C25H27N5O5. The van der Waals surface area contributed by atoms with Crippen LogP contribution in [-0.2, 0) is 31.8 Å². The van der Waals surface area contributed by atoms with Crippen LogP contribution in [0.3, 0.4) is 0 Å². The Hall–Kier alpha value is -3.08. The van der Waals surface area contributed by atoms with Crippen LogP contribution in [0, 0.1) is 0 Å². The van der Waals surface area contributed by atoms with Gasteiger partial charge in [-0.15, -0.1) is 0 Å². The van der Waals surface area contributed by atoms with E-state index in [1.54, 1.807) is 10.9 Å². The van der Waals surface area contributed by atoms with Gasteiger partial charge in [-0.05, 0) is 24.0 Å². The van der Waals surface area contributed by atoms with Gasteiger partial charge in [0.1, 0.15) is 18.5 Å². The van der Waals surface area contributed by atoms with Crippen LogP contribution >= 0.6 is 0 Å². The standard InChI is InChI=1S/C25H27N5O5/c31-24(32)20-18-19(35-25(34-18)10-14-6-4-5-7-15(14)11-25)23(33-20)30-13-28-17-21(26-12-27-22(17)30)29-16-8-2-1-3-9-16/h4-7,12-13,16,18-20,23H,1-3,8-11H2,(H,31,32)(H,26,27,29)/t18?,19?,20-,23+/m0/s1. The molecule has 7 rings (SSSR count). The minimum atomic E-state index is -1.15. The lowest BCUT2D eigenvalue weighted by Crippen LogP contribution is -2.38. The van der Waals surface area contributed by atoms with E-state index in [1.807, 2.05) is 12.1 Å². The largest absolute Gasteiger partial charge is 0.479 e. The number of nitrogens with one attached hydrogen (secondary N) is 1. The van der Waals surface area contributed by atoms with E-state index in [4.69, 9.17) is 14.2 Å². The van der Waals surface area contributed by atoms with Crippen molar-refractivity contribution in [2.24, 2.45) is 0 Å². The fourth-order valence-electron chi connectivity index (χ4n) is 6.14. The second-order valence-corrected chi connectivity index (χ2v) is 10.0. The molecule has 182 valence electrons. The van der Waals surface area contributed by atoms with E-state index in [9.17, 15) is 9.90 Å². The van der Waals surface area contributed by atoms with Gasteiger partial charge in [-0.1, -0.05) is 43.5 Å². The lowest BCUT2D eigenvalue weighted by molar-refractivity contribution is -0.214. The maximum absolute atomic E-state index is 12.1. The Bertz CT molecular complexity index is 1260. The smallest absolute Gasteiger partial charge is 0.335 e. The maximum atomic E-state index is 12.1. The summed E-state index contributed by atoms with van der Waals surface area (Å²) in [6.07, 6.45) is 7.00. The van der Waals surface area contributed by atoms with Gasteiger partial charge in [0.05, 0.1) is 6.33 Å². The first kappa shape index (κ1) is 21.2. The number of aliphatic carboxylic acids is 1. The summed E-state index contributed by atoms with van der Waals surface area (Å²) < 4.78 is 20.6. The topological polar surface area (TPSA) is 121 Å². The molecule has 4 aliphatic rings. The monoisotopic (exact) mass is 477 g/mol. The number of carbonyl (C=O) groups is 1. The van der Waals surface area contributed by atoms with Crippen molar-refractivity contribution >= 4 is 23.0 Å². The van der Waals surface area contributed by atoms with Crippen LogP contribution < -0.4 is 5.32 Å². The second kappa shape index (κ2) is 7.97. The molecule has 1 saturated carbocycles. The van der Waals surface area contributed by atoms with E-state index in [0.29, 0.717) is 35.9 Å². The number of carboxylic acid groups (broad SMARTS) is 1. The van der Waals surface area contributed by atoms with Crippen molar-refractivity contribution in [3.63, 3.8) is 0 Å². The fourth-order valence-corrected chi connectivity index (χ4v) is 6.14. The van der Waals surface area contributed by atoms with Gasteiger partial charge in [-0.3, -0.25) is 4.57 Å². The number of fused-ring (bicyclic) bond motifs is 3. The molecule has 2 aliphatic carbocycles. The summed E-state index contributed by atoms with van der Waals surface area (Å²) in [5.41, 5.74) is 3.54. The number of aromatic nitrogens is 4. The molecule has 1 spiro atoms. The molecular weight excluding hydrogens is 450 g/mol. The Labute approximate surface area is 201 Å². The number of imidazole rings is 1. The van der Waals surface area contributed by atoms with Crippen LogP contribution in [0.15, 0.2) is 36.9 Å². The van der Waals surface area contributed by atoms with Crippen molar-refractivity contribution in [3.8, 4) is 0 Å². The third-order valence-electron chi connectivity index (χ3n) is 7.75. The molecule has 35 heavy (non-hydrogen) atoms. The van der Waals surface area contributed by atoms with Crippen molar-refractivity contribution in [2.45, 2.75) is 81.3 Å². The number of hydrogen-bond donors (Lipinski definition) is 2. The average Bonchev–Trinajstić information content (AvgIpc) is 3.61. The van der Waals surface area contributed by atoms with Crippen LogP contribution in [0.1, 0.15) is 49.5 Å². The molecule has 4 atom stereocenters. The summed E-state index contributed by atoms with van der Waals surface area (Å²) in [6, 6.07) is 8.49. The Morgan fingerprint density at radius 2 is 1.77 bits per heavy atom. The summed E-state index contributed by atoms with van der Waals surface area (Å²) in [7, 11) is 0. The molecule has 2 N–H and O–H groups in total. The summed E-state index contributed by atoms with van der Waals surface area (Å²) in [6.45, 7) is 0. The lowest BCUT2D eigenvalue weighted by Gasteiger charge is -2.26. The van der Waals surface area contributed by atoms with Crippen LogP contribution in [0.25, 0.3) is 11.2 Å². The molecule has 3 fully saturated rings. The molecule has 10 heteroatoms. The lowest BCUT2D eigenvalue weighted by atomic mass is 9.95. The first-order chi connectivity index (χ1) is 17.1. The summed E-state index contributed by atoms with van der Waals surface area (Å²) in [4.78, 5) is 25.6. The molecule has 0 amide bonds. The van der Waals surface area contributed by atoms with Gasteiger partial charge >= 0.3 is 5.97 Å². The quantitative estimate of drug-likeness (QED) is 0.584. The zero-order valence-corrected chi connectivity index (χ0v) is 19.2. The third kappa shape index (κ3) is 3.42. The normalized spacial score (nSPS) is 29.5. The molecule has 2 aliphatic heterocycles. The highest BCUT2D eigenvalue weighted by Crippen LogP contribution is 2.49. The zero-order valence-electron chi connectivity index (χ0n) is 19.2. The van der Waals surface area contributed by atoms with Crippen LogP contribution in [0.4, 0.5) is 5.82 Å². The molecule has 2 saturated heterocycles. The van der Waals surface area contributed by atoms with E-state index in [-0.39, 0.29) is 0 Å². The molecule has 2 aromatic heterocycles. The van der Waals surface area contributed by atoms with Gasteiger partial charge in [-0.25, -0.2) is 19.7 Å². The first-order valence-electron chi connectivity index (χ1n) is 12.3. The molecule has 0 radical (unpaired) electrons. The van der Waals surface area contributed by atoms with Crippen molar-refractivity contribution in [1.29, 1.82) is 0 Å². The van der Waals surface area contributed by atoms with E-state index in [0.717, 1.165) is 24.0 Å². The predicted molar refractivity (Wildman–Crippen MR) is 124 cm³/mol. The molecule has 1 aromatic carbocycles. The Kier molecular flexibility index (Phi) is 4.83. The summed E-state index contributed by atoms with van der Waals surface area (Å²) in [5, 5.41) is 13.4. The van der Waals surface area contributed by atoms with Crippen molar-refractivity contribution in [2.75, 3.05) is 5.32 Å². The summed E-state index contributed by atoms with van der Waals surface area (Å²) >= 11 is 0. The van der Waals surface area contributed by atoms with E-state index < -0.39 is 36.3 Å². The number of nitrogens with zero attached hydrogens (tertiary/aromatic N) is 4. The molecule has 3 aromatic rings. The van der Waals surface area contributed by atoms with Gasteiger partial charge in [0.2, 0.25) is 0 Å². The Balaban J connectivity index is 1.21. The molecule has 4 heterocycles. The van der Waals surface area contributed by atoms with Crippen molar-refractivity contribution in [1.82, 2.24) is 19.5 Å². The molecule has 0 bridgehead atoms. The van der Waals surface area contributed by atoms with Gasteiger partial charge in [0.15, 0.2) is 35.1 Å². The maximum Gasteiger partial charge on any atom is 0.335 e. The zero-order chi connectivity index (χ0) is 23.6. The number of benzene rings is 1. The third-order valence-corrected chi connectivity index (χ3v) is 7.75. The van der Waals surface area contributed by atoms with E-state index >= 15 is 0 Å². The van der Waals surface area contributed by atoms with Crippen LogP contribution in [0.2, 0.25) is 0 Å². The van der Waals surface area contributed by atoms with Crippen LogP contribution in [-0.4, -0.2) is 60.7 Å². The summed E-state index contributed by atoms with van der Waals surface area (Å²) in [5.74, 6) is -1.26. The number of hydrogen-bond acceptors (Lipinski definition) is 8. The van der Waals surface area contributed by atoms with Gasteiger partial charge in [0.25, 0.3) is 0 Å². The van der Waals surface area contributed by atoms with Gasteiger partial charge < -0.3 is 24.6 Å². The van der Waals surface area contributed by atoms with Gasteiger partial charge in [-0.2, -0.15) is 0 Å². The van der Waals surface area contributed by atoms with Crippen LogP contribution in [0.5, 0.6) is 0 Å². The van der Waals surface area contributed by atoms with E-state index in [1.165, 1.54) is 25.6 Å². The fraction of sp³-hybridized carbons (Fsp3) is 0.520. The van der Waals surface area contributed by atoms with Crippen molar-refractivity contribution < 1.29 is 24.1 Å². The average molecular weight is 478 g/mol. The highest BCUT2D eigenvalue weighted by Gasteiger charge is 2.62. The minimum absolute atomic E-state index is 0.367. The number of ether oxygens (including phenoxy) is 3. The molecule has 2 unspecified atom stereocenters. The number of carboxylic acids is 1. The van der Waals surface area contributed by atoms with Gasteiger partial charge in [0, 0.05) is 18.9 Å². The highest BCUT2D eigenvalue weighted by molar-refractivity contribution is 5.83. The Morgan fingerprint density at radius 1 is 1.03 bits per heavy atom. The molecule has 10 nitrogen and oxygen atoms in total. The SMILES string of the molecule is O=C(O)[C@H]1O[C@@H](n2cnc3c(NC4CCCCC4)ncnc32)C2OC3(Cc4ccccc4C3)OC21. The Morgan fingerprint density at radius 3 is 2.51 bits per heavy atom. The number of anilines is 1. The second-order valence-electron chi connectivity index (χ2n) is 10.0. The predicted octanol–water partition coefficient (Wildman–Crippen LogP) is 2.83. The van der Waals surface area contributed by atoms with E-state index in [2.05, 4.69) is 32.4 Å². The highest BCUT2D eigenvalue weighted by atomic mass is 16.8. The number of rotatable bonds is 4. The van der Waals surface area contributed by atoms with Crippen molar-refractivity contribution in [3.05, 3.63) is 48.0 Å². The first-order valence-corrected chi connectivity index (χ1v) is 12.3.